The van der Waals surface area contributed by atoms with Crippen LogP contribution in [0.4, 0.5) is 0 Å². The van der Waals surface area contributed by atoms with Gasteiger partial charge < -0.3 is 5.11 Å². The first-order valence-corrected chi connectivity index (χ1v) is 2.95. The normalized spacial score (nSPS) is 14.0. The van der Waals surface area contributed by atoms with Crippen LogP contribution in [0.15, 0.2) is 12.7 Å². The summed E-state index contributed by atoms with van der Waals surface area (Å²) in [4.78, 5) is 0. The van der Waals surface area contributed by atoms with Gasteiger partial charge in [0.15, 0.2) is 0 Å². The molecule has 1 heteroatoms. The van der Waals surface area contributed by atoms with Gasteiger partial charge >= 0.3 is 0 Å². The molecule has 0 radical (unpaired) electrons. The molecule has 0 aliphatic heterocycles. The molecule has 48 valence electrons. The van der Waals surface area contributed by atoms with Gasteiger partial charge in [-0.15, -0.1) is 6.58 Å². The molecule has 0 aliphatic carbocycles. The molecule has 0 amide bonds. The predicted molar refractivity (Wildman–Crippen MR) is 35.6 cm³/mol. The van der Waals surface area contributed by atoms with Crippen molar-refractivity contribution in [2.24, 2.45) is 11.8 Å². The standard InChI is InChI=1S/C7H14O/c1-4-7(5-8)6(2)3/h4,6-8H,1,5H2,2-3H3/t7-/m1/s1. The van der Waals surface area contributed by atoms with E-state index in [0.29, 0.717) is 5.92 Å². The second-order valence-corrected chi connectivity index (χ2v) is 2.33. The van der Waals surface area contributed by atoms with Gasteiger partial charge in [0.2, 0.25) is 0 Å². The Morgan fingerprint density at radius 2 is 2.12 bits per heavy atom. The Bertz CT molecular complexity index is 66.8. The van der Waals surface area contributed by atoms with Crippen LogP contribution in [0.25, 0.3) is 0 Å². The zero-order valence-corrected chi connectivity index (χ0v) is 5.59. The average molecular weight is 114 g/mol. The molecule has 0 fully saturated rings. The summed E-state index contributed by atoms with van der Waals surface area (Å²) < 4.78 is 0. The molecule has 0 spiro atoms. The van der Waals surface area contributed by atoms with Crippen molar-refractivity contribution < 1.29 is 5.11 Å². The summed E-state index contributed by atoms with van der Waals surface area (Å²) in [7, 11) is 0. The van der Waals surface area contributed by atoms with Gasteiger partial charge in [-0.25, -0.2) is 0 Å². The van der Waals surface area contributed by atoms with Gasteiger partial charge in [0, 0.05) is 12.5 Å². The van der Waals surface area contributed by atoms with Crippen LogP contribution in [0.2, 0.25) is 0 Å². The van der Waals surface area contributed by atoms with E-state index in [2.05, 4.69) is 20.4 Å². The summed E-state index contributed by atoms with van der Waals surface area (Å²) in [5, 5.41) is 8.63. The van der Waals surface area contributed by atoms with Gasteiger partial charge in [-0.2, -0.15) is 0 Å². The Morgan fingerprint density at radius 1 is 1.62 bits per heavy atom. The van der Waals surface area contributed by atoms with Crippen LogP contribution in [0.1, 0.15) is 13.8 Å². The molecule has 0 aromatic heterocycles. The smallest absolute Gasteiger partial charge is 0.0496 e. The van der Waals surface area contributed by atoms with Crippen molar-refractivity contribution in [2.75, 3.05) is 6.61 Å². The van der Waals surface area contributed by atoms with Gasteiger partial charge in [-0.3, -0.25) is 0 Å². The van der Waals surface area contributed by atoms with E-state index in [1.165, 1.54) is 0 Å². The zero-order chi connectivity index (χ0) is 6.57. The predicted octanol–water partition coefficient (Wildman–Crippen LogP) is 1.44. The van der Waals surface area contributed by atoms with E-state index >= 15 is 0 Å². The molecule has 0 unspecified atom stereocenters. The van der Waals surface area contributed by atoms with Gasteiger partial charge in [-0.05, 0) is 5.92 Å². The molecule has 8 heavy (non-hydrogen) atoms. The fraction of sp³-hybridized carbons (Fsp3) is 0.714. The molecule has 0 aromatic carbocycles. The topological polar surface area (TPSA) is 20.2 Å². The minimum Gasteiger partial charge on any atom is -0.396 e. The van der Waals surface area contributed by atoms with E-state index < -0.39 is 0 Å². The number of rotatable bonds is 3. The summed E-state index contributed by atoms with van der Waals surface area (Å²) >= 11 is 0. The lowest BCUT2D eigenvalue weighted by Crippen LogP contribution is -2.09. The summed E-state index contributed by atoms with van der Waals surface area (Å²) in [6, 6.07) is 0. The van der Waals surface area contributed by atoms with E-state index in [0.717, 1.165) is 0 Å². The number of aliphatic hydroxyl groups is 1. The van der Waals surface area contributed by atoms with Crippen molar-refractivity contribution in [1.82, 2.24) is 0 Å². The molecule has 0 saturated carbocycles. The lowest BCUT2D eigenvalue weighted by atomic mass is 9.97. The van der Waals surface area contributed by atoms with Crippen molar-refractivity contribution in [3.05, 3.63) is 12.7 Å². The molecule has 1 nitrogen and oxygen atoms in total. The van der Waals surface area contributed by atoms with Crippen LogP contribution in [0.3, 0.4) is 0 Å². The van der Waals surface area contributed by atoms with Crippen molar-refractivity contribution in [3.63, 3.8) is 0 Å². The Balaban J connectivity index is 3.51. The number of hydrogen-bond acceptors (Lipinski definition) is 1. The molecule has 0 aromatic rings. The fourth-order valence-electron chi connectivity index (χ4n) is 0.558. The Morgan fingerprint density at radius 3 is 2.12 bits per heavy atom. The van der Waals surface area contributed by atoms with Crippen LogP contribution in [0, 0.1) is 11.8 Å². The third-order valence-corrected chi connectivity index (χ3v) is 1.37. The molecule has 1 atom stereocenters. The maximum atomic E-state index is 8.63. The first-order valence-electron chi connectivity index (χ1n) is 2.95. The maximum Gasteiger partial charge on any atom is 0.0496 e. The van der Waals surface area contributed by atoms with E-state index in [-0.39, 0.29) is 12.5 Å². The van der Waals surface area contributed by atoms with Crippen molar-refractivity contribution in [3.8, 4) is 0 Å². The van der Waals surface area contributed by atoms with Gasteiger partial charge in [-0.1, -0.05) is 19.9 Å². The van der Waals surface area contributed by atoms with E-state index in [9.17, 15) is 0 Å². The highest BCUT2D eigenvalue weighted by molar-refractivity contribution is 4.80. The fourth-order valence-corrected chi connectivity index (χ4v) is 0.558. The highest BCUT2D eigenvalue weighted by atomic mass is 16.3. The minimum absolute atomic E-state index is 0.223. The highest BCUT2D eigenvalue weighted by Gasteiger charge is 2.05. The van der Waals surface area contributed by atoms with Crippen LogP contribution in [-0.2, 0) is 0 Å². The van der Waals surface area contributed by atoms with Crippen LogP contribution in [-0.4, -0.2) is 11.7 Å². The first kappa shape index (κ1) is 7.70. The largest absolute Gasteiger partial charge is 0.396 e. The van der Waals surface area contributed by atoms with Gasteiger partial charge in [0.25, 0.3) is 0 Å². The Kier molecular flexibility index (Phi) is 3.53. The number of aliphatic hydroxyl groups excluding tert-OH is 1. The quantitative estimate of drug-likeness (QED) is 0.550. The lowest BCUT2D eigenvalue weighted by molar-refractivity contribution is 0.222. The molecule has 1 N–H and O–H groups in total. The third-order valence-electron chi connectivity index (χ3n) is 1.37. The van der Waals surface area contributed by atoms with Crippen molar-refractivity contribution in [2.45, 2.75) is 13.8 Å². The van der Waals surface area contributed by atoms with E-state index in [1.807, 2.05) is 0 Å². The van der Waals surface area contributed by atoms with E-state index in [4.69, 9.17) is 5.11 Å². The molecule has 0 rings (SSSR count). The molecule has 0 heterocycles. The minimum atomic E-state index is 0.223. The summed E-state index contributed by atoms with van der Waals surface area (Å²) in [6.45, 7) is 7.96. The Hall–Kier alpha value is -0.300. The Labute approximate surface area is 51.0 Å². The second kappa shape index (κ2) is 3.67. The molecule has 0 saturated heterocycles. The molecule has 0 aliphatic rings. The van der Waals surface area contributed by atoms with Crippen LogP contribution < -0.4 is 0 Å². The molecular weight excluding hydrogens is 100 g/mol. The second-order valence-electron chi connectivity index (χ2n) is 2.33. The maximum absolute atomic E-state index is 8.63. The number of hydrogen-bond donors (Lipinski definition) is 1. The lowest BCUT2D eigenvalue weighted by Gasteiger charge is -2.11. The van der Waals surface area contributed by atoms with Crippen LogP contribution >= 0.6 is 0 Å². The summed E-state index contributed by atoms with van der Waals surface area (Å²) in [5.41, 5.74) is 0. The summed E-state index contributed by atoms with van der Waals surface area (Å²) in [5.74, 6) is 0.785. The van der Waals surface area contributed by atoms with Gasteiger partial charge in [0.1, 0.15) is 0 Å². The van der Waals surface area contributed by atoms with Crippen molar-refractivity contribution in [1.29, 1.82) is 0 Å². The average Bonchev–Trinajstić information content (AvgIpc) is 1.69. The zero-order valence-electron chi connectivity index (χ0n) is 5.59. The molecular formula is C7H14O. The third kappa shape index (κ3) is 2.12. The monoisotopic (exact) mass is 114 g/mol. The van der Waals surface area contributed by atoms with Crippen molar-refractivity contribution >= 4 is 0 Å². The first-order chi connectivity index (χ1) is 3.72. The van der Waals surface area contributed by atoms with Crippen LogP contribution in [0.5, 0.6) is 0 Å². The highest BCUT2D eigenvalue weighted by Crippen LogP contribution is 2.09. The molecule has 0 bridgehead atoms. The SMILES string of the molecule is C=C[C@H](CO)C(C)C. The van der Waals surface area contributed by atoms with E-state index in [1.54, 1.807) is 6.08 Å². The summed E-state index contributed by atoms with van der Waals surface area (Å²) in [6.07, 6.45) is 1.80. The van der Waals surface area contributed by atoms with Gasteiger partial charge in [0.05, 0.1) is 0 Å².